The Morgan fingerprint density at radius 3 is 1.13 bits per heavy atom. The van der Waals surface area contributed by atoms with Crippen LogP contribution in [0.25, 0.3) is 76.5 Å². The van der Waals surface area contributed by atoms with E-state index in [0.717, 1.165) is 89.1 Å². The molecule has 10 aromatic carbocycles. The number of fused-ring (bicyclic) bond motifs is 8. The standard InChI is InChI=1S/C56H36N2O2/c1-3-15-39-33-45(31-29-37(39)13-1)57(51-25-11-23-49-47-21-5-7-27-53(47)59-55(49)51)43-19-9-17-41(35-43)42-18-10-20-44(36-42)58(46-32-30-38-14-2-4-16-40(38)34-46)52-26-12-24-50-48-22-6-8-28-54(48)60-56(50)52/h1-36H. The van der Waals surface area contributed by atoms with Gasteiger partial charge in [0.05, 0.1) is 11.4 Å². The predicted octanol–water partition coefficient (Wildman–Crippen LogP) is 16.4. The summed E-state index contributed by atoms with van der Waals surface area (Å²) in [5, 5.41) is 9.13. The molecule has 4 heteroatoms. The topological polar surface area (TPSA) is 32.8 Å². The Morgan fingerprint density at radius 1 is 0.267 bits per heavy atom. The van der Waals surface area contributed by atoms with Crippen LogP contribution in [-0.2, 0) is 0 Å². The Bertz CT molecular complexity index is 3360. The van der Waals surface area contributed by atoms with Crippen LogP contribution in [0.2, 0.25) is 0 Å². The first-order valence-corrected chi connectivity index (χ1v) is 20.3. The molecule has 0 fully saturated rings. The summed E-state index contributed by atoms with van der Waals surface area (Å²) in [6.45, 7) is 0. The average molecular weight is 769 g/mol. The molecule has 0 saturated heterocycles. The number of hydrogen-bond donors (Lipinski definition) is 0. The molecule has 0 spiro atoms. The monoisotopic (exact) mass is 768 g/mol. The third kappa shape index (κ3) is 5.61. The molecular weight excluding hydrogens is 733 g/mol. The molecule has 12 rings (SSSR count). The molecule has 0 N–H and O–H groups in total. The Balaban J connectivity index is 1.03. The summed E-state index contributed by atoms with van der Waals surface area (Å²) in [6.07, 6.45) is 0. The van der Waals surface area contributed by atoms with Crippen LogP contribution >= 0.6 is 0 Å². The lowest BCUT2D eigenvalue weighted by Gasteiger charge is -2.27. The van der Waals surface area contributed by atoms with Gasteiger partial charge in [-0.1, -0.05) is 146 Å². The van der Waals surface area contributed by atoms with Crippen molar-refractivity contribution in [2.24, 2.45) is 0 Å². The highest BCUT2D eigenvalue weighted by Gasteiger charge is 2.22. The first-order chi connectivity index (χ1) is 29.7. The van der Waals surface area contributed by atoms with Gasteiger partial charge in [-0.15, -0.1) is 0 Å². The fourth-order valence-electron chi connectivity index (χ4n) is 8.95. The van der Waals surface area contributed by atoms with Crippen molar-refractivity contribution >= 4 is 99.5 Å². The van der Waals surface area contributed by atoms with Crippen molar-refractivity contribution in [2.75, 3.05) is 9.80 Å². The molecule has 0 unspecified atom stereocenters. The molecule has 282 valence electrons. The van der Waals surface area contributed by atoms with Crippen LogP contribution in [0.3, 0.4) is 0 Å². The number of para-hydroxylation sites is 4. The molecule has 12 aromatic rings. The minimum absolute atomic E-state index is 0.852. The van der Waals surface area contributed by atoms with E-state index in [4.69, 9.17) is 8.83 Å². The molecule has 4 nitrogen and oxygen atoms in total. The zero-order valence-corrected chi connectivity index (χ0v) is 32.5. The first kappa shape index (κ1) is 34.0. The highest BCUT2D eigenvalue weighted by Crippen LogP contribution is 2.46. The number of furan rings is 2. The molecule has 0 atom stereocenters. The number of benzene rings is 10. The van der Waals surface area contributed by atoms with E-state index in [-0.39, 0.29) is 0 Å². The van der Waals surface area contributed by atoms with Gasteiger partial charge < -0.3 is 18.6 Å². The summed E-state index contributed by atoms with van der Waals surface area (Å²) in [5.74, 6) is 0. The van der Waals surface area contributed by atoms with E-state index < -0.39 is 0 Å². The highest BCUT2D eigenvalue weighted by molar-refractivity contribution is 6.12. The van der Waals surface area contributed by atoms with Gasteiger partial charge in [-0.25, -0.2) is 0 Å². The third-order valence-corrected chi connectivity index (χ3v) is 11.8. The molecule has 0 aliphatic carbocycles. The largest absolute Gasteiger partial charge is 0.454 e. The van der Waals surface area contributed by atoms with Crippen LogP contribution in [0, 0.1) is 0 Å². The maximum atomic E-state index is 6.66. The molecule has 2 aromatic heterocycles. The van der Waals surface area contributed by atoms with E-state index in [0.29, 0.717) is 0 Å². The summed E-state index contributed by atoms with van der Waals surface area (Å²) in [4.78, 5) is 4.66. The molecule has 0 bridgehead atoms. The Morgan fingerprint density at radius 2 is 0.650 bits per heavy atom. The van der Waals surface area contributed by atoms with Gasteiger partial charge in [-0.05, 0) is 105 Å². The second-order valence-electron chi connectivity index (χ2n) is 15.3. The number of rotatable bonds is 7. The lowest BCUT2D eigenvalue weighted by Crippen LogP contribution is -2.11. The third-order valence-electron chi connectivity index (χ3n) is 11.8. The fraction of sp³-hybridized carbons (Fsp3) is 0. The van der Waals surface area contributed by atoms with Crippen molar-refractivity contribution in [3.05, 3.63) is 218 Å². The minimum Gasteiger partial charge on any atom is -0.454 e. The van der Waals surface area contributed by atoms with E-state index in [9.17, 15) is 0 Å². The molecule has 0 radical (unpaired) electrons. The molecule has 0 saturated carbocycles. The van der Waals surface area contributed by atoms with E-state index >= 15 is 0 Å². The normalized spacial score (nSPS) is 11.7. The van der Waals surface area contributed by atoms with Crippen LogP contribution < -0.4 is 9.80 Å². The number of anilines is 6. The summed E-state index contributed by atoms with van der Waals surface area (Å²) in [7, 11) is 0. The molecule has 0 aliphatic heterocycles. The van der Waals surface area contributed by atoms with Crippen LogP contribution in [0.1, 0.15) is 0 Å². The van der Waals surface area contributed by atoms with Crippen molar-refractivity contribution in [1.82, 2.24) is 0 Å². The Kier molecular flexibility index (Phi) is 7.82. The van der Waals surface area contributed by atoms with Crippen LogP contribution in [-0.4, -0.2) is 0 Å². The fourth-order valence-corrected chi connectivity index (χ4v) is 8.95. The summed E-state index contributed by atoms with van der Waals surface area (Å²) >= 11 is 0. The highest BCUT2D eigenvalue weighted by atomic mass is 16.3. The predicted molar refractivity (Wildman–Crippen MR) is 251 cm³/mol. The van der Waals surface area contributed by atoms with Gasteiger partial charge in [0, 0.05) is 44.3 Å². The van der Waals surface area contributed by atoms with E-state index in [1.165, 1.54) is 21.5 Å². The maximum absolute atomic E-state index is 6.66. The SMILES string of the molecule is c1cc(-c2cccc(N(c3ccc4ccccc4c3)c3cccc4c3oc3ccccc34)c2)cc(N(c2ccc3ccccc3c2)c2cccc3c2oc2ccccc23)c1. The number of nitrogens with zero attached hydrogens (tertiary/aromatic N) is 2. The van der Waals surface area contributed by atoms with E-state index in [1.807, 2.05) is 24.3 Å². The maximum Gasteiger partial charge on any atom is 0.159 e. The number of hydrogen-bond acceptors (Lipinski definition) is 4. The molecular formula is C56H36N2O2. The van der Waals surface area contributed by atoms with Gasteiger partial charge in [0.1, 0.15) is 11.2 Å². The van der Waals surface area contributed by atoms with E-state index in [1.54, 1.807) is 0 Å². The smallest absolute Gasteiger partial charge is 0.159 e. The van der Waals surface area contributed by atoms with Gasteiger partial charge in [0.15, 0.2) is 11.2 Å². The second-order valence-corrected chi connectivity index (χ2v) is 15.3. The summed E-state index contributed by atoms with van der Waals surface area (Å²) in [5.41, 5.74) is 11.8. The van der Waals surface area contributed by atoms with Crippen LogP contribution in [0.15, 0.2) is 227 Å². The van der Waals surface area contributed by atoms with Crippen LogP contribution in [0.4, 0.5) is 34.1 Å². The average Bonchev–Trinajstić information content (AvgIpc) is 3.89. The molecule has 0 amide bonds. The molecule has 60 heavy (non-hydrogen) atoms. The molecule has 0 aliphatic rings. The van der Waals surface area contributed by atoms with Crippen molar-refractivity contribution in [2.45, 2.75) is 0 Å². The lowest BCUT2D eigenvalue weighted by atomic mass is 10.0. The zero-order valence-electron chi connectivity index (χ0n) is 32.5. The van der Waals surface area contributed by atoms with Gasteiger partial charge in [0.2, 0.25) is 0 Å². The molecule has 2 heterocycles. The zero-order chi connectivity index (χ0) is 39.6. The Hall–Kier alpha value is -8.08. The minimum atomic E-state index is 0.852. The van der Waals surface area contributed by atoms with Crippen molar-refractivity contribution in [3.8, 4) is 11.1 Å². The second kappa shape index (κ2) is 13.8. The van der Waals surface area contributed by atoms with E-state index in [2.05, 4.69) is 204 Å². The summed E-state index contributed by atoms with van der Waals surface area (Å²) in [6, 6.07) is 77.5. The quantitative estimate of drug-likeness (QED) is 0.162. The van der Waals surface area contributed by atoms with Gasteiger partial charge in [-0.2, -0.15) is 0 Å². The summed E-state index contributed by atoms with van der Waals surface area (Å²) < 4.78 is 13.3. The van der Waals surface area contributed by atoms with Crippen LogP contribution in [0.5, 0.6) is 0 Å². The van der Waals surface area contributed by atoms with Crippen molar-refractivity contribution < 1.29 is 8.83 Å². The van der Waals surface area contributed by atoms with Crippen molar-refractivity contribution in [1.29, 1.82) is 0 Å². The van der Waals surface area contributed by atoms with Gasteiger partial charge >= 0.3 is 0 Å². The van der Waals surface area contributed by atoms with Gasteiger partial charge in [-0.3, -0.25) is 0 Å². The first-order valence-electron chi connectivity index (χ1n) is 20.3. The van der Waals surface area contributed by atoms with Gasteiger partial charge in [0.25, 0.3) is 0 Å². The Labute approximate surface area is 346 Å². The van der Waals surface area contributed by atoms with Crippen molar-refractivity contribution in [3.63, 3.8) is 0 Å². The lowest BCUT2D eigenvalue weighted by molar-refractivity contribution is 0.668.